The second-order valence-corrected chi connectivity index (χ2v) is 6.75. The van der Waals surface area contributed by atoms with E-state index >= 15 is 0 Å². The van der Waals surface area contributed by atoms with Gasteiger partial charge in [-0.25, -0.2) is 4.98 Å². The number of carboxylic acids is 1. The van der Waals surface area contributed by atoms with Gasteiger partial charge >= 0.3 is 12.1 Å². The molecule has 0 aliphatic carbocycles. The maximum atomic E-state index is 13.6. The highest BCUT2D eigenvalue weighted by Gasteiger charge is 2.43. The minimum atomic E-state index is -4.67. The van der Waals surface area contributed by atoms with Crippen molar-refractivity contribution in [3.8, 4) is 17.1 Å². The third-order valence-electron chi connectivity index (χ3n) is 4.38. The number of alkyl halides is 3. The Kier molecular flexibility index (Phi) is 6.40. The first-order valence-corrected chi connectivity index (χ1v) is 9.14. The summed E-state index contributed by atoms with van der Waals surface area (Å²) in [6.07, 6.45) is -6.78. The van der Waals surface area contributed by atoms with Crippen molar-refractivity contribution < 1.29 is 27.8 Å². The van der Waals surface area contributed by atoms with E-state index in [1.165, 1.54) is 30.3 Å². The molecule has 0 aliphatic heterocycles. The lowest BCUT2D eigenvalue weighted by molar-refractivity contribution is -0.198. The predicted octanol–water partition coefficient (Wildman–Crippen LogP) is 3.36. The Hall–Kier alpha value is -3.66. The third-order valence-corrected chi connectivity index (χ3v) is 4.38. The smallest absolute Gasteiger partial charge is 0.429 e. The number of nitrogens with two attached hydrogens (primary N) is 2. The first-order valence-electron chi connectivity index (χ1n) is 9.14. The summed E-state index contributed by atoms with van der Waals surface area (Å²) >= 11 is 0. The Labute approximate surface area is 175 Å². The number of aromatic nitrogens is 2. The molecule has 162 valence electrons. The quantitative estimate of drug-likeness (QED) is 0.523. The van der Waals surface area contributed by atoms with Crippen LogP contribution in [-0.4, -0.2) is 33.3 Å². The fourth-order valence-corrected chi connectivity index (χ4v) is 2.88. The minimum Gasteiger partial charge on any atom is -0.480 e. The average molecular weight is 432 g/mol. The van der Waals surface area contributed by atoms with Crippen molar-refractivity contribution in [1.82, 2.24) is 9.97 Å². The molecule has 0 spiro atoms. The standard InChI is InChI=1S/C21H19F3N4O3/c22-21(23,24)18(14-4-2-1-3-5-14)31-17-11-16(27-20(26)28-17)13-8-6-12(7-9-13)10-15(25)19(29)30/h1-9,11,15,18H,10,25H2,(H,29,30)(H2,26,27,28)/t15?,18-/m1/s1. The van der Waals surface area contributed by atoms with Crippen LogP contribution in [0.2, 0.25) is 0 Å². The number of carbonyl (C=O) groups is 1. The molecule has 0 radical (unpaired) electrons. The third kappa shape index (κ3) is 5.70. The molecule has 3 aromatic rings. The number of anilines is 1. The number of benzene rings is 2. The van der Waals surface area contributed by atoms with Gasteiger partial charge in [0.2, 0.25) is 17.9 Å². The number of hydrogen-bond donors (Lipinski definition) is 3. The highest BCUT2D eigenvalue weighted by Crippen LogP contribution is 2.37. The molecule has 0 aliphatic rings. The molecule has 7 nitrogen and oxygen atoms in total. The Morgan fingerprint density at radius 2 is 1.71 bits per heavy atom. The first-order chi connectivity index (χ1) is 14.6. The van der Waals surface area contributed by atoms with Crippen LogP contribution in [0.4, 0.5) is 19.1 Å². The van der Waals surface area contributed by atoms with Crippen LogP contribution >= 0.6 is 0 Å². The molecule has 5 N–H and O–H groups in total. The molecular formula is C21H19F3N4O3. The number of nitrogen functional groups attached to an aromatic ring is 1. The van der Waals surface area contributed by atoms with Gasteiger partial charge in [0, 0.05) is 17.2 Å². The lowest BCUT2D eigenvalue weighted by Gasteiger charge is -2.21. The van der Waals surface area contributed by atoms with Crippen LogP contribution in [0.1, 0.15) is 17.2 Å². The molecule has 3 rings (SSSR count). The SMILES string of the molecule is Nc1nc(O[C@H](c2ccccc2)C(F)(F)F)cc(-c2ccc(CC(N)C(=O)O)cc2)n1. The lowest BCUT2D eigenvalue weighted by atomic mass is 10.0. The van der Waals surface area contributed by atoms with Gasteiger partial charge in [0.05, 0.1) is 5.69 Å². The van der Waals surface area contributed by atoms with Crippen molar-refractivity contribution in [2.24, 2.45) is 5.73 Å². The van der Waals surface area contributed by atoms with E-state index in [0.29, 0.717) is 11.1 Å². The van der Waals surface area contributed by atoms with Crippen LogP contribution in [0.25, 0.3) is 11.3 Å². The molecule has 10 heteroatoms. The second kappa shape index (κ2) is 9.00. The molecule has 1 unspecified atom stereocenters. The van der Waals surface area contributed by atoms with Gasteiger partial charge in [-0.2, -0.15) is 18.2 Å². The van der Waals surface area contributed by atoms with Crippen molar-refractivity contribution in [1.29, 1.82) is 0 Å². The van der Waals surface area contributed by atoms with Gasteiger partial charge in [-0.1, -0.05) is 54.6 Å². The van der Waals surface area contributed by atoms with E-state index in [4.69, 9.17) is 21.3 Å². The van der Waals surface area contributed by atoms with Gasteiger partial charge in [0.1, 0.15) is 6.04 Å². The van der Waals surface area contributed by atoms with Crippen molar-refractivity contribution >= 4 is 11.9 Å². The zero-order valence-corrected chi connectivity index (χ0v) is 16.1. The zero-order valence-electron chi connectivity index (χ0n) is 16.1. The summed E-state index contributed by atoms with van der Waals surface area (Å²) in [4.78, 5) is 18.7. The van der Waals surface area contributed by atoms with E-state index in [0.717, 1.165) is 0 Å². The van der Waals surface area contributed by atoms with Gasteiger partial charge in [0.25, 0.3) is 0 Å². The molecule has 0 bridgehead atoms. The molecule has 0 fully saturated rings. The van der Waals surface area contributed by atoms with Crippen molar-refractivity contribution in [2.45, 2.75) is 24.7 Å². The number of aliphatic carboxylic acids is 1. The normalized spacial score (nSPS) is 13.4. The summed E-state index contributed by atoms with van der Waals surface area (Å²) in [7, 11) is 0. The van der Waals surface area contributed by atoms with Crippen molar-refractivity contribution in [3.05, 3.63) is 71.8 Å². The van der Waals surface area contributed by atoms with Gasteiger partial charge < -0.3 is 21.3 Å². The number of carboxylic acid groups (broad SMARTS) is 1. The first kappa shape index (κ1) is 22.0. The number of rotatable bonds is 7. The zero-order chi connectivity index (χ0) is 22.6. The molecule has 0 saturated heterocycles. The van der Waals surface area contributed by atoms with Crippen LogP contribution in [0, 0.1) is 0 Å². The molecule has 0 saturated carbocycles. The highest BCUT2D eigenvalue weighted by molar-refractivity contribution is 5.73. The maximum Gasteiger partial charge on any atom is 0.429 e. The summed E-state index contributed by atoms with van der Waals surface area (Å²) < 4.78 is 45.9. The van der Waals surface area contributed by atoms with E-state index in [-0.39, 0.29) is 29.5 Å². The van der Waals surface area contributed by atoms with Crippen LogP contribution in [0.3, 0.4) is 0 Å². The summed E-state index contributed by atoms with van der Waals surface area (Å²) in [5.41, 5.74) is 12.6. The fourth-order valence-electron chi connectivity index (χ4n) is 2.88. The van der Waals surface area contributed by atoms with Crippen molar-refractivity contribution in [2.75, 3.05) is 5.73 Å². The minimum absolute atomic E-state index is 0.0761. The predicted molar refractivity (Wildman–Crippen MR) is 107 cm³/mol. The Morgan fingerprint density at radius 3 is 2.29 bits per heavy atom. The summed E-state index contributed by atoms with van der Waals surface area (Å²) in [5, 5.41) is 8.90. The van der Waals surface area contributed by atoms with E-state index in [2.05, 4.69) is 9.97 Å². The van der Waals surface area contributed by atoms with Gasteiger partial charge in [0.15, 0.2) is 0 Å². The summed E-state index contributed by atoms with van der Waals surface area (Å²) in [6.45, 7) is 0. The molecule has 2 atom stereocenters. The maximum absolute atomic E-state index is 13.6. The van der Waals surface area contributed by atoms with Crippen molar-refractivity contribution in [3.63, 3.8) is 0 Å². The second-order valence-electron chi connectivity index (χ2n) is 6.75. The Morgan fingerprint density at radius 1 is 1.06 bits per heavy atom. The van der Waals surface area contributed by atoms with E-state index in [1.807, 2.05) is 0 Å². The largest absolute Gasteiger partial charge is 0.480 e. The van der Waals surface area contributed by atoms with Gasteiger partial charge in [-0.15, -0.1) is 0 Å². The molecule has 2 aromatic carbocycles. The van der Waals surface area contributed by atoms with Crippen LogP contribution in [0.15, 0.2) is 60.7 Å². The molecule has 0 amide bonds. The number of hydrogen-bond acceptors (Lipinski definition) is 6. The molecule has 1 aromatic heterocycles. The van der Waals surface area contributed by atoms with E-state index in [9.17, 15) is 18.0 Å². The lowest BCUT2D eigenvalue weighted by Crippen LogP contribution is -2.32. The Bertz CT molecular complexity index is 1040. The number of halogens is 3. The Balaban J connectivity index is 1.87. The van der Waals surface area contributed by atoms with E-state index < -0.39 is 24.3 Å². The monoisotopic (exact) mass is 432 g/mol. The van der Waals surface area contributed by atoms with Gasteiger partial charge in [-0.3, -0.25) is 4.79 Å². The molecule has 1 heterocycles. The molecular weight excluding hydrogens is 413 g/mol. The molecule has 31 heavy (non-hydrogen) atoms. The van der Waals surface area contributed by atoms with Gasteiger partial charge in [-0.05, 0) is 12.0 Å². The topological polar surface area (TPSA) is 124 Å². The summed E-state index contributed by atoms with van der Waals surface area (Å²) in [6, 6.07) is 14.0. The van der Waals surface area contributed by atoms with Crippen LogP contribution < -0.4 is 16.2 Å². The average Bonchev–Trinajstić information content (AvgIpc) is 2.72. The fraction of sp³-hybridized carbons (Fsp3) is 0.190. The van der Waals surface area contributed by atoms with Crippen LogP contribution in [0.5, 0.6) is 5.88 Å². The highest BCUT2D eigenvalue weighted by atomic mass is 19.4. The van der Waals surface area contributed by atoms with Crippen LogP contribution in [-0.2, 0) is 11.2 Å². The van der Waals surface area contributed by atoms with E-state index in [1.54, 1.807) is 30.3 Å². The number of ether oxygens (including phenoxy) is 1. The summed E-state index contributed by atoms with van der Waals surface area (Å²) in [5.74, 6) is -1.70. The number of nitrogens with zero attached hydrogens (tertiary/aromatic N) is 2.